The largest absolute Gasteiger partial charge is 0.465 e. The first-order valence-corrected chi connectivity index (χ1v) is 9.01. The molecular formula is C18H24N2O4S. The first kappa shape index (κ1) is 19.5. The highest BCUT2D eigenvalue weighted by Gasteiger charge is 2.45. The minimum atomic E-state index is -1.26. The zero-order chi connectivity index (χ0) is 18.4. The van der Waals surface area contributed by atoms with Gasteiger partial charge in [0.1, 0.15) is 0 Å². The Labute approximate surface area is 152 Å². The fourth-order valence-electron chi connectivity index (χ4n) is 3.03. The Kier molecular flexibility index (Phi) is 6.64. The molecule has 0 unspecified atom stereocenters. The number of ether oxygens (including phenoxy) is 1. The predicted molar refractivity (Wildman–Crippen MR) is 97.3 cm³/mol. The van der Waals surface area contributed by atoms with Crippen molar-refractivity contribution < 1.29 is 19.4 Å². The molecule has 1 heterocycles. The van der Waals surface area contributed by atoms with Crippen LogP contribution in [0.2, 0.25) is 0 Å². The van der Waals surface area contributed by atoms with E-state index in [4.69, 9.17) is 4.74 Å². The van der Waals surface area contributed by atoms with Crippen LogP contribution in [0.15, 0.2) is 47.4 Å². The van der Waals surface area contributed by atoms with Crippen molar-refractivity contribution in [2.75, 3.05) is 7.11 Å². The van der Waals surface area contributed by atoms with E-state index in [1.807, 2.05) is 44.2 Å². The molecule has 0 radical (unpaired) electrons. The molecule has 0 saturated carbocycles. The molecule has 0 saturated heterocycles. The van der Waals surface area contributed by atoms with E-state index in [9.17, 15) is 14.7 Å². The van der Waals surface area contributed by atoms with E-state index in [2.05, 4.69) is 4.72 Å². The third-order valence-corrected chi connectivity index (χ3v) is 5.32. The van der Waals surface area contributed by atoms with Crippen molar-refractivity contribution in [2.45, 2.75) is 49.3 Å². The molecule has 0 bridgehead atoms. The monoisotopic (exact) mass is 364 g/mol. The first-order chi connectivity index (χ1) is 11.9. The van der Waals surface area contributed by atoms with Gasteiger partial charge in [-0.3, -0.25) is 9.52 Å². The van der Waals surface area contributed by atoms with Crippen molar-refractivity contribution in [3.05, 3.63) is 42.5 Å². The number of amides is 2. The Morgan fingerprint density at radius 3 is 2.68 bits per heavy atom. The number of carboxylic acid groups (broad SMARTS) is 1. The van der Waals surface area contributed by atoms with Crippen LogP contribution in [0, 0.1) is 0 Å². The number of methoxy groups -OCH3 is 1. The summed E-state index contributed by atoms with van der Waals surface area (Å²) in [4.78, 5) is 25.4. The quantitative estimate of drug-likeness (QED) is 0.689. The van der Waals surface area contributed by atoms with Crippen molar-refractivity contribution in [2.24, 2.45) is 0 Å². The van der Waals surface area contributed by atoms with Crippen molar-refractivity contribution in [1.82, 2.24) is 9.62 Å². The van der Waals surface area contributed by atoms with Crippen LogP contribution in [0.25, 0.3) is 0 Å². The van der Waals surface area contributed by atoms with Gasteiger partial charge in [0.05, 0.1) is 17.7 Å². The van der Waals surface area contributed by atoms with Gasteiger partial charge in [0.2, 0.25) is 0 Å². The van der Waals surface area contributed by atoms with E-state index < -0.39 is 29.7 Å². The van der Waals surface area contributed by atoms with Crippen LogP contribution >= 0.6 is 11.9 Å². The highest BCUT2D eigenvalue weighted by atomic mass is 32.2. The number of carbonyl (C=O) groups is 2. The van der Waals surface area contributed by atoms with Gasteiger partial charge in [0.15, 0.2) is 0 Å². The third-order valence-electron chi connectivity index (χ3n) is 4.44. The number of imide groups is 1. The number of hydrogen-bond acceptors (Lipinski definition) is 5. The SMILES string of the molecule is CCC[C@](C)(OC)[C@H](NSc1ccccc1)[C@H]1C=CC(=O)N1C(=O)O. The van der Waals surface area contributed by atoms with Gasteiger partial charge < -0.3 is 9.84 Å². The highest BCUT2D eigenvalue weighted by Crippen LogP contribution is 2.31. The summed E-state index contributed by atoms with van der Waals surface area (Å²) in [5, 5.41) is 9.45. The Balaban J connectivity index is 2.29. The van der Waals surface area contributed by atoms with Crippen LogP contribution in [0.3, 0.4) is 0 Å². The molecule has 0 spiro atoms. The van der Waals surface area contributed by atoms with Gasteiger partial charge in [-0.25, -0.2) is 9.69 Å². The number of rotatable bonds is 8. The topological polar surface area (TPSA) is 78.9 Å². The molecule has 1 aliphatic heterocycles. The summed E-state index contributed by atoms with van der Waals surface area (Å²) in [5.74, 6) is -0.524. The van der Waals surface area contributed by atoms with Gasteiger partial charge >= 0.3 is 6.09 Å². The molecule has 2 rings (SSSR count). The van der Waals surface area contributed by atoms with E-state index in [1.54, 1.807) is 13.2 Å². The molecule has 25 heavy (non-hydrogen) atoms. The lowest BCUT2D eigenvalue weighted by molar-refractivity contribution is -0.125. The van der Waals surface area contributed by atoms with Crippen LogP contribution in [-0.4, -0.2) is 46.8 Å². The van der Waals surface area contributed by atoms with E-state index in [0.717, 1.165) is 22.6 Å². The molecule has 1 aromatic carbocycles. The summed E-state index contributed by atoms with van der Waals surface area (Å²) in [6.07, 6.45) is 3.28. The fraction of sp³-hybridized carbons (Fsp3) is 0.444. The maximum absolute atomic E-state index is 12.0. The van der Waals surface area contributed by atoms with Crippen molar-refractivity contribution >= 4 is 23.9 Å². The van der Waals surface area contributed by atoms with Crippen LogP contribution < -0.4 is 4.72 Å². The zero-order valence-corrected chi connectivity index (χ0v) is 15.5. The fourth-order valence-corrected chi connectivity index (χ4v) is 3.98. The molecule has 7 heteroatoms. The summed E-state index contributed by atoms with van der Waals surface area (Å²) in [5.41, 5.74) is -0.635. The van der Waals surface area contributed by atoms with Crippen molar-refractivity contribution in [3.8, 4) is 0 Å². The lowest BCUT2D eigenvalue weighted by Crippen LogP contribution is -2.59. The second-order valence-electron chi connectivity index (χ2n) is 6.12. The standard InChI is InChI=1S/C18H24N2O4S/c1-4-12-18(2,24-3)16(19-25-13-8-6-5-7-9-13)14-10-11-15(21)20(14)17(22)23/h5-11,14,16,19H,4,12H2,1-3H3,(H,22,23)/t14-,16-,18+/m1/s1. The van der Waals surface area contributed by atoms with Crippen molar-refractivity contribution in [3.63, 3.8) is 0 Å². The Morgan fingerprint density at radius 2 is 2.12 bits per heavy atom. The van der Waals surface area contributed by atoms with Gasteiger partial charge in [0.25, 0.3) is 5.91 Å². The van der Waals surface area contributed by atoms with Crippen LogP contribution in [0.4, 0.5) is 4.79 Å². The number of benzene rings is 1. The van der Waals surface area contributed by atoms with E-state index in [0.29, 0.717) is 0 Å². The number of nitrogens with zero attached hydrogens (tertiary/aromatic N) is 1. The molecule has 1 aromatic rings. The lowest BCUT2D eigenvalue weighted by Gasteiger charge is -2.41. The zero-order valence-electron chi connectivity index (χ0n) is 14.6. The molecule has 0 fully saturated rings. The predicted octanol–water partition coefficient (Wildman–Crippen LogP) is 3.30. The normalized spacial score (nSPS) is 20.5. The van der Waals surface area contributed by atoms with Crippen LogP contribution in [-0.2, 0) is 9.53 Å². The minimum absolute atomic E-state index is 0.401. The summed E-state index contributed by atoms with van der Waals surface area (Å²) in [6.45, 7) is 3.99. The Hall–Kier alpha value is -1.83. The average Bonchev–Trinajstić information content (AvgIpc) is 2.97. The molecule has 2 N–H and O–H groups in total. The summed E-state index contributed by atoms with van der Waals surface area (Å²) < 4.78 is 9.11. The average molecular weight is 364 g/mol. The molecule has 6 nitrogen and oxygen atoms in total. The highest BCUT2D eigenvalue weighted by molar-refractivity contribution is 7.97. The summed E-state index contributed by atoms with van der Waals surface area (Å²) >= 11 is 1.40. The van der Waals surface area contributed by atoms with Gasteiger partial charge in [-0.1, -0.05) is 37.6 Å². The third kappa shape index (κ3) is 4.42. The summed E-state index contributed by atoms with van der Waals surface area (Å²) in [6, 6.07) is 8.69. The second-order valence-corrected chi connectivity index (χ2v) is 7.03. The van der Waals surface area contributed by atoms with E-state index >= 15 is 0 Å². The van der Waals surface area contributed by atoms with Crippen LogP contribution in [0.1, 0.15) is 26.7 Å². The van der Waals surface area contributed by atoms with E-state index in [-0.39, 0.29) is 0 Å². The lowest BCUT2D eigenvalue weighted by atomic mass is 9.86. The second kappa shape index (κ2) is 8.51. The Morgan fingerprint density at radius 1 is 1.44 bits per heavy atom. The Bertz CT molecular complexity index is 637. The molecular weight excluding hydrogens is 340 g/mol. The smallest absolute Gasteiger partial charge is 0.414 e. The van der Waals surface area contributed by atoms with Crippen molar-refractivity contribution in [1.29, 1.82) is 0 Å². The van der Waals surface area contributed by atoms with E-state index in [1.165, 1.54) is 18.0 Å². The maximum Gasteiger partial charge on any atom is 0.414 e. The summed E-state index contributed by atoms with van der Waals surface area (Å²) in [7, 11) is 1.61. The minimum Gasteiger partial charge on any atom is -0.465 e. The molecule has 0 aliphatic carbocycles. The first-order valence-electron chi connectivity index (χ1n) is 8.20. The van der Waals surface area contributed by atoms with Crippen LogP contribution in [0.5, 0.6) is 0 Å². The maximum atomic E-state index is 12.0. The van der Waals surface area contributed by atoms with Gasteiger partial charge in [-0.15, -0.1) is 0 Å². The number of hydrogen-bond donors (Lipinski definition) is 2. The van der Waals surface area contributed by atoms with Gasteiger partial charge in [-0.05, 0) is 37.4 Å². The molecule has 136 valence electrons. The molecule has 2 amide bonds. The number of nitrogens with one attached hydrogen (secondary N) is 1. The van der Waals surface area contributed by atoms with Gasteiger partial charge in [0, 0.05) is 18.1 Å². The van der Waals surface area contributed by atoms with Gasteiger partial charge in [-0.2, -0.15) is 0 Å². The molecule has 3 atom stereocenters. The number of carbonyl (C=O) groups excluding carboxylic acids is 1. The molecule has 0 aromatic heterocycles. The molecule has 1 aliphatic rings.